The lowest BCUT2D eigenvalue weighted by Crippen LogP contribution is -2.72. The van der Waals surface area contributed by atoms with Gasteiger partial charge in [0.2, 0.25) is 0 Å². The van der Waals surface area contributed by atoms with Crippen molar-refractivity contribution in [3.63, 3.8) is 0 Å². The number of piperidine rings is 1. The maximum absolute atomic E-state index is 11.9. The van der Waals surface area contributed by atoms with Gasteiger partial charge in [0.05, 0.1) is 12.7 Å². The highest BCUT2D eigenvalue weighted by atomic mass is 16.5. The van der Waals surface area contributed by atoms with E-state index in [1.165, 1.54) is 17.5 Å². The zero-order chi connectivity index (χ0) is 16.1. The minimum absolute atomic E-state index is 0.0876. The van der Waals surface area contributed by atoms with E-state index in [0.29, 0.717) is 0 Å². The predicted molar refractivity (Wildman–Crippen MR) is 92.0 cm³/mol. The molecule has 124 valence electrons. The number of nitrogens with zero attached hydrogens (tertiary/aromatic N) is 1. The maximum atomic E-state index is 11.9. The van der Waals surface area contributed by atoms with Crippen LogP contribution in [0.2, 0.25) is 0 Å². The number of rotatable bonds is 3. The highest BCUT2D eigenvalue weighted by molar-refractivity contribution is 5.48. The molecule has 1 aliphatic heterocycles. The van der Waals surface area contributed by atoms with Gasteiger partial charge in [0.1, 0.15) is 5.75 Å². The number of hydrogen-bond donors (Lipinski definition) is 1. The molecular formula is C20H27NO2. The third kappa shape index (κ3) is 1.96. The Morgan fingerprint density at radius 1 is 1.35 bits per heavy atom. The van der Waals surface area contributed by atoms with Crippen LogP contribution < -0.4 is 4.74 Å². The first-order valence-corrected chi connectivity index (χ1v) is 8.89. The van der Waals surface area contributed by atoms with Crippen molar-refractivity contribution in [3.05, 3.63) is 42.0 Å². The molecule has 1 saturated carbocycles. The molecule has 0 spiro atoms. The second-order valence-electron chi connectivity index (χ2n) is 7.49. The van der Waals surface area contributed by atoms with Gasteiger partial charge in [-0.2, -0.15) is 0 Å². The topological polar surface area (TPSA) is 32.7 Å². The summed E-state index contributed by atoms with van der Waals surface area (Å²) in [6.45, 7) is 5.83. The van der Waals surface area contributed by atoms with Gasteiger partial charge in [-0.15, -0.1) is 6.58 Å². The first-order valence-electron chi connectivity index (χ1n) is 8.89. The number of benzene rings is 1. The second kappa shape index (κ2) is 5.35. The van der Waals surface area contributed by atoms with E-state index in [-0.39, 0.29) is 11.5 Å². The molecule has 2 bridgehead atoms. The van der Waals surface area contributed by atoms with Crippen LogP contribution in [0.1, 0.15) is 43.2 Å². The molecule has 0 aromatic heterocycles. The number of fused-ring (bicyclic) bond motifs is 1. The van der Waals surface area contributed by atoms with Crippen LogP contribution in [0, 0.1) is 0 Å². The first kappa shape index (κ1) is 15.2. The molecule has 1 aromatic carbocycles. The van der Waals surface area contributed by atoms with Crippen LogP contribution in [0.25, 0.3) is 0 Å². The smallest absolute Gasteiger partial charge is 0.119 e. The van der Waals surface area contributed by atoms with Crippen molar-refractivity contribution < 1.29 is 9.84 Å². The summed E-state index contributed by atoms with van der Waals surface area (Å²) in [5.41, 5.74) is 2.06. The van der Waals surface area contributed by atoms with E-state index in [0.717, 1.165) is 50.9 Å². The molecule has 1 saturated heterocycles. The monoisotopic (exact) mass is 313 g/mol. The van der Waals surface area contributed by atoms with Gasteiger partial charge >= 0.3 is 0 Å². The Hall–Kier alpha value is -1.32. The molecule has 1 heterocycles. The van der Waals surface area contributed by atoms with E-state index >= 15 is 0 Å². The van der Waals surface area contributed by atoms with Gasteiger partial charge in [0, 0.05) is 18.0 Å². The summed E-state index contributed by atoms with van der Waals surface area (Å²) in [5.74, 6) is 0.915. The normalized spacial score (nSPS) is 36.0. The number of ether oxygens (including phenoxy) is 1. The Kier molecular flexibility index (Phi) is 3.54. The molecule has 0 amide bonds. The van der Waals surface area contributed by atoms with Crippen LogP contribution in [0.3, 0.4) is 0 Å². The van der Waals surface area contributed by atoms with Gasteiger partial charge in [0.15, 0.2) is 0 Å². The minimum atomic E-state index is -0.605. The summed E-state index contributed by atoms with van der Waals surface area (Å²) in [4.78, 5) is 2.45. The Labute approximate surface area is 139 Å². The average Bonchev–Trinajstić information content (AvgIpc) is 2.57. The van der Waals surface area contributed by atoms with Gasteiger partial charge in [-0.05, 0) is 55.5 Å². The molecule has 4 rings (SSSR count). The highest BCUT2D eigenvalue weighted by Crippen LogP contribution is 2.58. The SMILES string of the molecule is C=CCN1CC[C@]23CCCCC2(O)[C@H]1Cc1ccc(OC)cc13. The van der Waals surface area contributed by atoms with Crippen molar-refractivity contribution in [2.24, 2.45) is 0 Å². The van der Waals surface area contributed by atoms with Crippen LogP contribution in [-0.4, -0.2) is 41.8 Å². The first-order chi connectivity index (χ1) is 11.1. The zero-order valence-corrected chi connectivity index (χ0v) is 14.1. The minimum Gasteiger partial charge on any atom is -0.497 e. The van der Waals surface area contributed by atoms with E-state index in [1.54, 1.807) is 7.11 Å². The quantitative estimate of drug-likeness (QED) is 0.871. The van der Waals surface area contributed by atoms with E-state index in [9.17, 15) is 5.11 Å². The van der Waals surface area contributed by atoms with Crippen molar-refractivity contribution in [1.29, 1.82) is 0 Å². The van der Waals surface area contributed by atoms with Gasteiger partial charge in [-0.1, -0.05) is 25.0 Å². The predicted octanol–water partition coefficient (Wildman–Crippen LogP) is 3.05. The Morgan fingerprint density at radius 3 is 2.96 bits per heavy atom. The number of aliphatic hydroxyl groups is 1. The lowest BCUT2D eigenvalue weighted by Gasteiger charge is -2.63. The van der Waals surface area contributed by atoms with Crippen LogP contribution in [0.4, 0.5) is 0 Å². The Bertz CT molecular complexity index is 628. The molecule has 3 atom stereocenters. The molecule has 3 aliphatic rings. The molecule has 3 heteroatoms. The fraction of sp³-hybridized carbons (Fsp3) is 0.600. The molecule has 2 fully saturated rings. The molecule has 23 heavy (non-hydrogen) atoms. The summed E-state index contributed by atoms with van der Waals surface area (Å²) < 4.78 is 5.48. The summed E-state index contributed by atoms with van der Waals surface area (Å²) in [6.07, 6.45) is 8.31. The average molecular weight is 313 g/mol. The molecule has 1 unspecified atom stereocenters. The van der Waals surface area contributed by atoms with E-state index in [1.807, 2.05) is 6.08 Å². The lowest BCUT2D eigenvalue weighted by atomic mass is 9.49. The molecular weight excluding hydrogens is 286 g/mol. The molecule has 1 N–H and O–H groups in total. The van der Waals surface area contributed by atoms with Gasteiger partial charge in [0.25, 0.3) is 0 Å². The molecule has 0 radical (unpaired) electrons. The number of methoxy groups -OCH3 is 1. The van der Waals surface area contributed by atoms with Gasteiger partial charge in [-0.3, -0.25) is 4.90 Å². The van der Waals surface area contributed by atoms with E-state index < -0.39 is 5.60 Å². The Morgan fingerprint density at radius 2 is 2.17 bits per heavy atom. The fourth-order valence-electron chi connectivity index (χ4n) is 5.60. The molecule has 1 aromatic rings. The zero-order valence-electron chi connectivity index (χ0n) is 14.1. The van der Waals surface area contributed by atoms with Crippen molar-refractivity contribution in [2.45, 2.75) is 55.6 Å². The molecule has 3 nitrogen and oxygen atoms in total. The second-order valence-corrected chi connectivity index (χ2v) is 7.49. The lowest BCUT2D eigenvalue weighted by molar-refractivity contribution is -0.163. The van der Waals surface area contributed by atoms with Crippen LogP contribution in [-0.2, 0) is 11.8 Å². The van der Waals surface area contributed by atoms with Gasteiger partial charge < -0.3 is 9.84 Å². The Balaban J connectivity index is 1.88. The summed E-state index contributed by atoms with van der Waals surface area (Å²) in [5, 5.41) is 11.9. The molecule has 2 aliphatic carbocycles. The van der Waals surface area contributed by atoms with E-state index in [4.69, 9.17) is 4.74 Å². The highest BCUT2D eigenvalue weighted by Gasteiger charge is 2.62. The third-order valence-electron chi connectivity index (χ3n) is 6.67. The largest absolute Gasteiger partial charge is 0.497 e. The van der Waals surface area contributed by atoms with Crippen molar-refractivity contribution in [2.75, 3.05) is 20.2 Å². The summed E-state index contributed by atoms with van der Waals surface area (Å²) in [6, 6.07) is 6.70. The van der Waals surface area contributed by atoms with Gasteiger partial charge in [-0.25, -0.2) is 0 Å². The van der Waals surface area contributed by atoms with Crippen LogP contribution in [0.15, 0.2) is 30.9 Å². The van der Waals surface area contributed by atoms with Crippen molar-refractivity contribution in [1.82, 2.24) is 4.90 Å². The van der Waals surface area contributed by atoms with Crippen molar-refractivity contribution >= 4 is 0 Å². The maximum Gasteiger partial charge on any atom is 0.119 e. The summed E-state index contributed by atoms with van der Waals surface area (Å²) >= 11 is 0. The standard InChI is InChI=1S/C20H27NO2/c1-3-11-21-12-10-19-8-4-5-9-20(19,22)18(21)13-15-6-7-16(23-2)14-17(15)19/h3,6-7,14,18,22H,1,4-5,8-13H2,2H3/t18-,19+,20?/m1/s1. The fourth-order valence-corrected chi connectivity index (χ4v) is 5.60. The van der Waals surface area contributed by atoms with Crippen LogP contribution in [0.5, 0.6) is 5.75 Å². The third-order valence-corrected chi connectivity index (χ3v) is 6.67. The van der Waals surface area contributed by atoms with Crippen LogP contribution >= 0.6 is 0 Å². The van der Waals surface area contributed by atoms with E-state index in [2.05, 4.69) is 29.7 Å². The summed E-state index contributed by atoms with van der Waals surface area (Å²) in [7, 11) is 1.73. The van der Waals surface area contributed by atoms with Crippen molar-refractivity contribution in [3.8, 4) is 5.75 Å². The number of hydrogen-bond acceptors (Lipinski definition) is 3. The number of likely N-dealkylation sites (tertiary alicyclic amines) is 1.